The van der Waals surface area contributed by atoms with Gasteiger partial charge in [-0.05, 0) is 29.8 Å². The molecule has 1 aliphatic rings. The maximum atomic E-state index is 13.5. The molecule has 1 aliphatic heterocycles. The SMILES string of the molecule is O=C(CCN1CCNCC1c1cccc(F)c1)Nc1cccnc1. The van der Waals surface area contributed by atoms with Gasteiger partial charge in [0.25, 0.3) is 0 Å². The molecule has 1 aromatic carbocycles. The standard InChI is InChI=1S/C18H21FN4O/c19-15-4-1-3-14(11-15)17-13-21-8-10-23(17)9-6-18(24)22-16-5-2-7-20-12-16/h1-5,7,11-12,17,21H,6,8-10,13H2,(H,22,24). The van der Waals surface area contributed by atoms with Gasteiger partial charge in [-0.1, -0.05) is 12.1 Å². The number of anilines is 1. The van der Waals surface area contributed by atoms with Crippen molar-refractivity contribution in [1.29, 1.82) is 0 Å². The van der Waals surface area contributed by atoms with E-state index in [1.54, 1.807) is 30.6 Å². The van der Waals surface area contributed by atoms with Crippen LogP contribution in [-0.4, -0.2) is 42.0 Å². The lowest BCUT2D eigenvalue weighted by atomic mass is 10.0. The topological polar surface area (TPSA) is 57.3 Å². The lowest BCUT2D eigenvalue weighted by Crippen LogP contribution is -2.46. The van der Waals surface area contributed by atoms with Crippen molar-refractivity contribution in [3.8, 4) is 0 Å². The molecule has 0 spiro atoms. The molecule has 0 saturated carbocycles. The second-order valence-corrected chi connectivity index (χ2v) is 5.85. The first kappa shape index (κ1) is 16.5. The zero-order valence-electron chi connectivity index (χ0n) is 13.4. The molecule has 0 bridgehead atoms. The van der Waals surface area contributed by atoms with Gasteiger partial charge in [-0.3, -0.25) is 14.7 Å². The highest BCUT2D eigenvalue weighted by Crippen LogP contribution is 2.23. The molecular weight excluding hydrogens is 307 g/mol. The number of benzene rings is 1. The van der Waals surface area contributed by atoms with Gasteiger partial charge >= 0.3 is 0 Å². The van der Waals surface area contributed by atoms with E-state index in [0.29, 0.717) is 18.7 Å². The van der Waals surface area contributed by atoms with Crippen molar-refractivity contribution in [2.45, 2.75) is 12.5 Å². The maximum Gasteiger partial charge on any atom is 0.225 e. The van der Waals surface area contributed by atoms with Crippen LogP contribution in [-0.2, 0) is 4.79 Å². The molecule has 1 atom stereocenters. The van der Waals surface area contributed by atoms with Gasteiger partial charge in [-0.15, -0.1) is 0 Å². The highest BCUT2D eigenvalue weighted by Gasteiger charge is 2.24. The fraction of sp³-hybridized carbons (Fsp3) is 0.333. The number of rotatable bonds is 5. The number of halogens is 1. The number of nitrogens with one attached hydrogen (secondary N) is 2. The van der Waals surface area contributed by atoms with E-state index in [9.17, 15) is 9.18 Å². The predicted octanol–water partition coefficient (Wildman–Crippen LogP) is 2.20. The molecule has 1 fully saturated rings. The summed E-state index contributed by atoms with van der Waals surface area (Å²) in [6.07, 6.45) is 3.68. The van der Waals surface area contributed by atoms with E-state index in [2.05, 4.69) is 20.5 Å². The molecule has 1 aromatic heterocycles. The summed E-state index contributed by atoms with van der Waals surface area (Å²) in [5.74, 6) is -0.271. The molecule has 1 unspecified atom stereocenters. The van der Waals surface area contributed by atoms with Crippen LogP contribution in [0.1, 0.15) is 18.0 Å². The van der Waals surface area contributed by atoms with Crippen molar-refractivity contribution >= 4 is 11.6 Å². The van der Waals surface area contributed by atoms with Crippen molar-refractivity contribution in [2.75, 3.05) is 31.5 Å². The monoisotopic (exact) mass is 328 g/mol. The fourth-order valence-electron chi connectivity index (χ4n) is 2.96. The van der Waals surface area contributed by atoms with Gasteiger partial charge in [-0.2, -0.15) is 0 Å². The Labute approximate surface area is 140 Å². The normalized spacial score (nSPS) is 18.3. The summed E-state index contributed by atoms with van der Waals surface area (Å²) < 4.78 is 13.5. The van der Waals surface area contributed by atoms with E-state index in [1.807, 2.05) is 12.1 Å². The lowest BCUT2D eigenvalue weighted by molar-refractivity contribution is -0.116. The van der Waals surface area contributed by atoms with Crippen LogP contribution in [0.3, 0.4) is 0 Å². The molecule has 126 valence electrons. The van der Waals surface area contributed by atoms with Crippen LogP contribution in [0.5, 0.6) is 0 Å². The first-order valence-corrected chi connectivity index (χ1v) is 8.12. The van der Waals surface area contributed by atoms with Gasteiger partial charge in [0.05, 0.1) is 11.9 Å². The predicted molar refractivity (Wildman–Crippen MR) is 91.1 cm³/mol. The van der Waals surface area contributed by atoms with E-state index in [-0.39, 0.29) is 17.8 Å². The Morgan fingerprint density at radius 3 is 3.08 bits per heavy atom. The van der Waals surface area contributed by atoms with Crippen LogP contribution in [0.2, 0.25) is 0 Å². The molecule has 1 amide bonds. The second-order valence-electron chi connectivity index (χ2n) is 5.85. The molecule has 1 saturated heterocycles. The molecule has 2 N–H and O–H groups in total. The Bertz CT molecular complexity index is 680. The maximum absolute atomic E-state index is 13.5. The third-order valence-electron chi connectivity index (χ3n) is 4.16. The van der Waals surface area contributed by atoms with E-state index >= 15 is 0 Å². The summed E-state index contributed by atoms with van der Waals surface area (Å²) >= 11 is 0. The average molecular weight is 328 g/mol. The van der Waals surface area contributed by atoms with E-state index in [1.165, 1.54) is 6.07 Å². The fourth-order valence-corrected chi connectivity index (χ4v) is 2.96. The van der Waals surface area contributed by atoms with E-state index in [4.69, 9.17) is 0 Å². The summed E-state index contributed by atoms with van der Waals surface area (Å²) in [6, 6.07) is 10.4. The van der Waals surface area contributed by atoms with Crippen molar-refractivity contribution in [2.24, 2.45) is 0 Å². The minimum absolute atomic E-state index is 0.0421. The molecule has 0 aliphatic carbocycles. The Kier molecular flexibility index (Phi) is 5.51. The molecule has 3 rings (SSSR count). The molecule has 24 heavy (non-hydrogen) atoms. The molecule has 6 heteroatoms. The van der Waals surface area contributed by atoms with E-state index in [0.717, 1.165) is 25.2 Å². The number of hydrogen-bond acceptors (Lipinski definition) is 4. The van der Waals surface area contributed by atoms with Crippen LogP contribution in [0.15, 0.2) is 48.8 Å². The molecule has 5 nitrogen and oxygen atoms in total. The Balaban J connectivity index is 1.59. The number of carbonyl (C=O) groups is 1. The van der Waals surface area contributed by atoms with Gasteiger partial charge in [0, 0.05) is 44.8 Å². The third kappa shape index (κ3) is 4.37. The Morgan fingerprint density at radius 2 is 2.29 bits per heavy atom. The van der Waals surface area contributed by atoms with Crippen molar-refractivity contribution in [1.82, 2.24) is 15.2 Å². The van der Waals surface area contributed by atoms with Crippen LogP contribution in [0.4, 0.5) is 10.1 Å². The smallest absolute Gasteiger partial charge is 0.225 e. The van der Waals surface area contributed by atoms with Gasteiger partial charge in [0.1, 0.15) is 5.82 Å². The highest BCUT2D eigenvalue weighted by molar-refractivity contribution is 5.90. The highest BCUT2D eigenvalue weighted by atomic mass is 19.1. The van der Waals surface area contributed by atoms with Crippen molar-refractivity contribution < 1.29 is 9.18 Å². The van der Waals surface area contributed by atoms with Gasteiger partial charge in [-0.25, -0.2) is 4.39 Å². The summed E-state index contributed by atoms with van der Waals surface area (Å²) in [4.78, 5) is 18.3. The quantitative estimate of drug-likeness (QED) is 0.883. The molecular formula is C18H21FN4O. The summed E-state index contributed by atoms with van der Waals surface area (Å²) in [6.45, 7) is 3.10. The van der Waals surface area contributed by atoms with Gasteiger partial charge in [0.15, 0.2) is 0 Å². The minimum Gasteiger partial charge on any atom is -0.325 e. The van der Waals surface area contributed by atoms with Crippen LogP contribution in [0.25, 0.3) is 0 Å². The van der Waals surface area contributed by atoms with Crippen molar-refractivity contribution in [3.63, 3.8) is 0 Å². The minimum atomic E-state index is -0.229. The number of piperazine rings is 1. The van der Waals surface area contributed by atoms with Crippen LogP contribution in [0, 0.1) is 5.82 Å². The number of hydrogen-bond donors (Lipinski definition) is 2. The van der Waals surface area contributed by atoms with Crippen molar-refractivity contribution in [3.05, 3.63) is 60.2 Å². The first-order valence-electron chi connectivity index (χ1n) is 8.12. The third-order valence-corrected chi connectivity index (χ3v) is 4.16. The zero-order valence-corrected chi connectivity index (χ0v) is 13.4. The number of nitrogens with zero attached hydrogens (tertiary/aromatic N) is 2. The number of aromatic nitrogens is 1. The van der Waals surface area contributed by atoms with Gasteiger partial charge < -0.3 is 10.6 Å². The van der Waals surface area contributed by atoms with E-state index < -0.39 is 0 Å². The summed E-state index contributed by atoms with van der Waals surface area (Å²) in [7, 11) is 0. The van der Waals surface area contributed by atoms with Crippen LogP contribution < -0.4 is 10.6 Å². The summed E-state index contributed by atoms with van der Waals surface area (Å²) in [5.41, 5.74) is 1.64. The lowest BCUT2D eigenvalue weighted by Gasteiger charge is -2.36. The molecule has 2 heterocycles. The largest absolute Gasteiger partial charge is 0.325 e. The Morgan fingerprint density at radius 1 is 1.38 bits per heavy atom. The zero-order chi connectivity index (χ0) is 16.8. The summed E-state index contributed by atoms with van der Waals surface area (Å²) in [5, 5.41) is 6.18. The number of pyridine rings is 1. The average Bonchev–Trinajstić information content (AvgIpc) is 2.61. The Hall–Kier alpha value is -2.31. The van der Waals surface area contributed by atoms with Gasteiger partial charge in [0.2, 0.25) is 5.91 Å². The molecule has 2 aromatic rings. The first-order chi connectivity index (χ1) is 11.7. The van der Waals surface area contributed by atoms with Crippen LogP contribution >= 0.6 is 0 Å². The number of amides is 1. The molecule has 0 radical (unpaired) electrons. The second kappa shape index (κ2) is 7.99. The number of carbonyl (C=O) groups excluding carboxylic acids is 1.